The molecule has 5 rings (SSSR count). The Balaban J connectivity index is 0.000000559. The number of carboxylic acid groups (broad SMARTS) is 1. The average Bonchev–Trinajstić information content (AvgIpc) is 3.50. The normalized spacial score (nSPS) is 10.2. The number of rotatable bonds is 8. The number of carboxylic acids is 1. The van der Waals surface area contributed by atoms with Crippen molar-refractivity contribution in [2.75, 3.05) is 12.4 Å². The molecule has 1 aliphatic heterocycles. The van der Waals surface area contributed by atoms with Gasteiger partial charge in [0.25, 0.3) is 0 Å². The van der Waals surface area contributed by atoms with E-state index in [0.717, 1.165) is 44.0 Å². The molecule has 37 heavy (non-hydrogen) atoms. The fourth-order valence-corrected chi connectivity index (χ4v) is 4.52. The molecule has 0 unspecified atom stereocenters. The van der Waals surface area contributed by atoms with E-state index in [-0.39, 0.29) is 6.61 Å². The highest BCUT2D eigenvalue weighted by Crippen LogP contribution is 2.36. The zero-order valence-corrected chi connectivity index (χ0v) is 21.0. The van der Waals surface area contributed by atoms with Gasteiger partial charge in [-0.2, -0.15) is 0 Å². The third-order valence-electron chi connectivity index (χ3n) is 5.58. The Bertz CT molecular complexity index is 1460. The number of hydrogen-bond donors (Lipinski definition) is 1. The molecule has 3 aromatic rings. The Hall–Kier alpha value is -4.58. The van der Waals surface area contributed by atoms with E-state index in [1.807, 2.05) is 73.7 Å². The van der Waals surface area contributed by atoms with Crippen molar-refractivity contribution in [3.05, 3.63) is 113 Å². The van der Waals surface area contributed by atoms with Crippen molar-refractivity contribution in [3.63, 3.8) is 0 Å². The first-order valence-corrected chi connectivity index (χ1v) is 12.5. The standard InChI is InChI=1S/C28H22O3S.C4H2O/c1-4-21-10-6-8-12-24(21)26(25-13-9-7-11-22(25)5-2)16-17-32-23-14-15-27(20(3)18-23)31-19-28(29)30;1-3-2-5-4(1)3/h1-2,6-16,18H,17,19H2,3H3,(H,29,30);1-2H. The van der Waals surface area contributed by atoms with Crippen LogP contribution in [0, 0.1) is 31.6 Å². The van der Waals surface area contributed by atoms with Gasteiger partial charge in [-0.3, -0.25) is 0 Å². The number of hydrogen-bond acceptors (Lipinski definition) is 4. The molecular weight excluding hydrogens is 480 g/mol. The Morgan fingerprint density at radius 2 is 1.62 bits per heavy atom. The van der Waals surface area contributed by atoms with Gasteiger partial charge in [0.1, 0.15) is 17.8 Å². The van der Waals surface area contributed by atoms with Crippen LogP contribution in [-0.2, 0) is 4.79 Å². The molecular formula is C32H24O4S. The van der Waals surface area contributed by atoms with Gasteiger partial charge in [-0.15, -0.1) is 24.6 Å². The van der Waals surface area contributed by atoms with Gasteiger partial charge in [0.2, 0.25) is 0 Å². The van der Waals surface area contributed by atoms with Crippen LogP contribution in [0.2, 0.25) is 0 Å². The van der Waals surface area contributed by atoms with Crippen molar-refractivity contribution in [2.24, 2.45) is 0 Å². The van der Waals surface area contributed by atoms with Gasteiger partial charge in [-0.05, 0) is 65.6 Å². The fourth-order valence-electron chi connectivity index (χ4n) is 3.66. The molecule has 0 bridgehead atoms. The van der Waals surface area contributed by atoms with Gasteiger partial charge in [0.05, 0.1) is 5.56 Å². The number of aliphatic carboxylic acids is 1. The van der Waals surface area contributed by atoms with Crippen molar-refractivity contribution < 1.29 is 19.1 Å². The maximum absolute atomic E-state index is 10.7. The average molecular weight is 505 g/mol. The molecule has 0 amide bonds. The van der Waals surface area contributed by atoms with Crippen molar-refractivity contribution >= 4 is 23.3 Å². The van der Waals surface area contributed by atoms with Crippen LogP contribution in [0.25, 0.3) is 16.9 Å². The van der Waals surface area contributed by atoms with E-state index in [4.69, 9.17) is 27.1 Å². The van der Waals surface area contributed by atoms with E-state index in [1.165, 1.54) is 5.56 Å². The first-order chi connectivity index (χ1) is 18.0. The fraction of sp³-hybridized carbons (Fsp3) is 0.0938. The van der Waals surface area contributed by atoms with Crippen LogP contribution >= 0.6 is 11.8 Å². The predicted octanol–water partition coefficient (Wildman–Crippen LogP) is 6.91. The molecule has 0 saturated carbocycles. The number of thioether (sulfide) groups is 1. The van der Waals surface area contributed by atoms with E-state index in [9.17, 15) is 4.79 Å². The zero-order valence-electron chi connectivity index (χ0n) is 20.2. The van der Waals surface area contributed by atoms with Gasteiger partial charge in [0.15, 0.2) is 6.61 Å². The molecule has 0 radical (unpaired) electrons. The largest absolute Gasteiger partial charge is 0.482 e. The second-order valence-electron chi connectivity index (χ2n) is 8.12. The highest BCUT2D eigenvalue weighted by atomic mass is 32.2. The lowest BCUT2D eigenvalue weighted by atomic mass is 9.91. The van der Waals surface area contributed by atoms with Gasteiger partial charge >= 0.3 is 5.97 Å². The highest BCUT2D eigenvalue weighted by Gasteiger charge is 2.16. The molecule has 182 valence electrons. The first-order valence-electron chi connectivity index (χ1n) is 11.5. The number of carbonyl (C=O) groups is 1. The summed E-state index contributed by atoms with van der Waals surface area (Å²) in [4.78, 5) is 11.8. The van der Waals surface area contributed by atoms with Crippen molar-refractivity contribution in [2.45, 2.75) is 11.8 Å². The molecule has 3 aromatic carbocycles. The van der Waals surface area contributed by atoms with Crippen LogP contribution in [0.4, 0.5) is 0 Å². The summed E-state index contributed by atoms with van der Waals surface area (Å²) in [5, 5.41) is 8.79. The molecule has 5 heteroatoms. The summed E-state index contributed by atoms with van der Waals surface area (Å²) in [7, 11) is 0. The highest BCUT2D eigenvalue weighted by molar-refractivity contribution is 7.99. The van der Waals surface area contributed by atoms with Gasteiger partial charge in [-0.1, -0.05) is 54.3 Å². The predicted molar refractivity (Wildman–Crippen MR) is 149 cm³/mol. The SMILES string of the molecule is C#Cc1ccccc1C(=CCSc1ccc(OCC(=O)O)c(C)c1)c1ccccc1C#C.c1oc2cc1-2. The summed E-state index contributed by atoms with van der Waals surface area (Å²) in [6.07, 6.45) is 15.4. The summed E-state index contributed by atoms with van der Waals surface area (Å²) in [5.41, 5.74) is 6.73. The smallest absolute Gasteiger partial charge is 0.341 e. The molecule has 0 aromatic heterocycles. The lowest BCUT2D eigenvalue weighted by Gasteiger charge is -2.13. The maximum atomic E-state index is 10.7. The van der Waals surface area contributed by atoms with E-state index >= 15 is 0 Å². The second kappa shape index (κ2) is 11.9. The summed E-state index contributed by atoms with van der Waals surface area (Å²) in [5.74, 6) is 6.89. The first kappa shape index (κ1) is 25.5. The van der Waals surface area contributed by atoms with Crippen LogP contribution < -0.4 is 4.74 Å². The third kappa shape index (κ3) is 6.55. The van der Waals surface area contributed by atoms with Crippen LogP contribution in [-0.4, -0.2) is 23.4 Å². The molecule has 2 aliphatic rings. The second-order valence-corrected chi connectivity index (χ2v) is 9.21. The van der Waals surface area contributed by atoms with E-state index in [2.05, 4.69) is 17.9 Å². The molecule has 0 fully saturated rings. The summed E-state index contributed by atoms with van der Waals surface area (Å²) < 4.78 is 10.0. The number of fused-ring (bicyclic) bond motifs is 1. The minimum Gasteiger partial charge on any atom is -0.482 e. The Morgan fingerprint density at radius 1 is 1.00 bits per heavy atom. The Kier molecular flexibility index (Phi) is 8.21. The number of furan rings is 1. The van der Waals surface area contributed by atoms with Crippen LogP contribution in [0.5, 0.6) is 5.75 Å². The number of ether oxygens (including phenoxy) is 1. The van der Waals surface area contributed by atoms with Crippen molar-refractivity contribution in [1.82, 2.24) is 0 Å². The number of benzene rings is 3. The lowest BCUT2D eigenvalue weighted by molar-refractivity contribution is -0.139. The summed E-state index contributed by atoms with van der Waals surface area (Å²) >= 11 is 1.66. The summed E-state index contributed by atoms with van der Waals surface area (Å²) in [6, 6.07) is 23.4. The van der Waals surface area contributed by atoms with Crippen LogP contribution in [0.15, 0.2) is 94.4 Å². The number of aryl methyl sites for hydroxylation is 1. The van der Waals surface area contributed by atoms with Crippen molar-refractivity contribution in [3.8, 4) is 41.8 Å². The lowest BCUT2D eigenvalue weighted by Crippen LogP contribution is -2.09. The summed E-state index contributed by atoms with van der Waals surface area (Å²) in [6.45, 7) is 1.54. The zero-order chi connectivity index (χ0) is 26.2. The Morgan fingerprint density at radius 3 is 2.08 bits per heavy atom. The van der Waals surface area contributed by atoms with E-state index in [0.29, 0.717) is 11.5 Å². The molecule has 1 aliphatic carbocycles. The molecule has 4 nitrogen and oxygen atoms in total. The quantitative estimate of drug-likeness (QED) is 0.184. The van der Waals surface area contributed by atoms with Crippen LogP contribution in [0.1, 0.15) is 27.8 Å². The van der Waals surface area contributed by atoms with Crippen molar-refractivity contribution in [1.29, 1.82) is 0 Å². The topological polar surface area (TPSA) is 59.7 Å². The number of terminal acetylenes is 2. The van der Waals surface area contributed by atoms with Gasteiger partial charge < -0.3 is 14.3 Å². The molecule has 0 saturated heterocycles. The Labute approximate surface area is 221 Å². The maximum Gasteiger partial charge on any atom is 0.341 e. The molecule has 1 heterocycles. The van der Waals surface area contributed by atoms with E-state index in [1.54, 1.807) is 24.1 Å². The van der Waals surface area contributed by atoms with Gasteiger partial charge in [0, 0.05) is 21.8 Å². The van der Waals surface area contributed by atoms with Crippen LogP contribution in [0.3, 0.4) is 0 Å². The molecule has 0 atom stereocenters. The molecule has 1 N–H and O–H groups in total. The third-order valence-corrected chi connectivity index (χ3v) is 6.50. The molecule has 0 spiro atoms. The van der Waals surface area contributed by atoms with Gasteiger partial charge in [-0.25, -0.2) is 4.79 Å². The minimum atomic E-state index is -1.000. The van der Waals surface area contributed by atoms with E-state index < -0.39 is 5.97 Å². The minimum absolute atomic E-state index is 0.359. The monoisotopic (exact) mass is 504 g/mol.